The van der Waals surface area contributed by atoms with Gasteiger partial charge in [-0.15, -0.1) is 12.4 Å². The Balaban J connectivity index is 0.00000289. The summed E-state index contributed by atoms with van der Waals surface area (Å²) in [5.41, 5.74) is 0.909. The fourth-order valence-electron chi connectivity index (χ4n) is 3.21. The van der Waals surface area contributed by atoms with Crippen LogP contribution in [0.5, 0.6) is 11.5 Å². The quantitative estimate of drug-likeness (QED) is 0.334. The Morgan fingerprint density at radius 1 is 1.12 bits per heavy atom. The van der Waals surface area contributed by atoms with Gasteiger partial charge in [0.25, 0.3) is 0 Å². The number of aryl methyl sites for hydroxylation is 2. The summed E-state index contributed by atoms with van der Waals surface area (Å²) in [6, 6.07) is 7.98. The summed E-state index contributed by atoms with van der Waals surface area (Å²) in [6.45, 7) is 3.28. The van der Waals surface area contributed by atoms with Crippen molar-refractivity contribution in [3.05, 3.63) is 65.7 Å². The van der Waals surface area contributed by atoms with Crippen LogP contribution < -0.4 is 14.8 Å². The molecule has 10 heteroatoms. The van der Waals surface area contributed by atoms with Crippen molar-refractivity contribution in [1.82, 2.24) is 19.5 Å². The van der Waals surface area contributed by atoms with Gasteiger partial charge in [-0.1, -0.05) is 11.6 Å². The maximum absolute atomic E-state index is 14.2. The number of halogens is 3. The van der Waals surface area contributed by atoms with Gasteiger partial charge >= 0.3 is 0 Å². The number of nitrogens with zero attached hydrogens (tertiary/aromatic N) is 4. The minimum Gasteiger partial charge on any atom is -0.493 e. The normalized spacial score (nSPS) is 10.6. The van der Waals surface area contributed by atoms with Crippen LogP contribution in [0.3, 0.4) is 0 Å². The highest BCUT2D eigenvalue weighted by molar-refractivity contribution is 6.30. The van der Waals surface area contributed by atoms with Crippen LogP contribution in [0.4, 0.5) is 15.9 Å². The number of hydrogen-bond donors (Lipinski definition) is 1. The van der Waals surface area contributed by atoms with E-state index in [1.807, 2.05) is 13.1 Å². The van der Waals surface area contributed by atoms with Gasteiger partial charge in [0, 0.05) is 35.4 Å². The van der Waals surface area contributed by atoms with E-state index in [0.717, 1.165) is 18.8 Å². The molecule has 0 saturated carbocycles. The van der Waals surface area contributed by atoms with Gasteiger partial charge in [-0.25, -0.2) is 19.3 Å². The third-order valence-corrected chi connectivity index (χ3v) is 5.06. The molecule has 0 amide bonds. The first-order valence-corrected chi connectivity index (χ1v) is 10.1. The molecule has 4 aromatic rings. The standard InChI is InChI=1S/C22H21ClFN5O2.ClH/c1-14-25-6-8-29(14)7-3-9-31-21-12-19-16(11-20(21)30-2)22(27-13-26-19)28-18-5-4-15(23)10-17(18)24;/h4-6,8,10-13H,3,7,9H2,1-2H3,(H,26,27,28);1H. The van der Waals surface area contributed by atoms with Crippen LogP contribution in [0.2, 0.25) is 5.02 Å². The maximum atomic E-state index is 14.2. The summed E-state index contributed by atoms with van der Waals surface area (Å²) in [6.07, 6.45) is 5.95. The number of nitrogens with one attached hydrogen (secondary N) is 1. The van der Waals surface area contributed by atoms with Gasteiger partial charge < -0.3 is 19.4 Å². The molecular weight excluding hydrogens is 456 g/mol. The van der Waals surface area contributed by atoms with Crippen molar-refractivity contribution in [1.29, 1.82) is 0 Å². The van der Waals surface area contributed by atoms with Gasteiger partial charge in [0.05, 0.1) is 24.9 Å². The van der Waals surface area contributed by atoms with Crippen molar-refractivity contribution in [3.8, 4) is 11.5 Å². The zero-order chi connectivity index (χ0) is 21.8. The SMILES string of the molecule is COc1cc2c(Nc3ccc(Cl)cc3F)ncnc2cc1OCCCn1ccnc1C.Cl. The monoisotopic (exact) mass is 477 g/mol. The van der Waals surface area contributed by atoms with Gasteiger partial charge in [-0.3, -0.25) is 0 Å². The van der Waals surface area contributed by atoms with Crippen LogP contribution in [-0.2, 0) is 6.54 Å². The first-order chi connectivity index (χ1) is 15.0. The number of hydrogen-bond acceptors (Lipinski definition) is 6. The molecule has 2 aromatic carbocycles. The second kappa shape index (κ2) is 10.5. The maximum Gasteiger partial charge on any atom is 0.163 e. The third kappa shape index (κ3) is 5.20. The molecule has 0 aliphatic heterocycles. The molecule has 4 rings (SSSR count). The highest BCUT2D eigenvalue weighted by Crippen LogP contribution is 2.35. The number of benzene rings is 2. The lowest BCUT2D eigenvalue weighted by Crippen LogP contribution is -2.06. The van der Waals surface area contributed by atoms with E-state index in [2.05, 4.69) is 24.8 Å². The van der Waals surface area contributed by atoms with E-state index < -0.39 is 5.82 Å². The molecule has 2 aromatic heterocycles. The molecule has 168 valence electrons. The smallest absolute Gasteiger partial charge is 0.163 e. The van der Waals surface area contributed by atoms with Crippen molar-refractivity contribution in [2.75, 3.05) is 19.0 Å². The molecule has 2 heterocycles. The van der Waals surface area contributed by atoms with E-state index in [4.69, 9.17) is 21.1 Å². The molecule has 0 aliphatic rings. The Morgan fingerprint density at radius 3 is 2.69 bits per heavy atom. The van der Waals surface area contributed by atoms with E-state index in [1.165, 1.54) is 12.4 Å². The van der Waals surface area contributed by atoms with Crippen molar-refractivity contribution in [3.63, 3.8) is 0 Å². The number of rotatable bonds is 8. The first kappa shape index (κ1) is 23.6. The predicted octanol–water partition coefficient (Wildman–Crippen LogP) is 5.57. The number of aromatic nitrogens is 4. The van der Waals surface area contributed by atoms with E-state index >= 15 is 0 Å². The molecule has 1 N–H and O–H groups in total. The highest BCUT2D eigenvalue weighted by atomic mass is 35.5. The number of anilines is 2. The average molecular weight is 478 g/mol. The molecule has 0 fully saturated rings. The van der Waals surface area contributed by atoms with Crippen LogP contribution >= 0.6 is 24.0 Å². The molecule has 0 saturated heterocycles. The van der Waals surface area contributed by atoms with E-state index in [9.17, 15) is 4.39 Å². The van der Waals surface area contributed by atoms with E-state index in [1.54, 1.807) is 37.6 Å². The number of methoxy groups -OCH3 is 1. The van der Waals surface area contributed by atoms with Gasteiger partial charge in [0.2, 0.25) is 0 Å². The zero-order valence-electron chi connectivity index (χ0n) is 17.5. The minimum atomic E-state index is -0.473. The van der Waals surface area contributed by atoms with Gasteiger partial charge in [-0.2, -0.15) is 0 Å². The fourth-order valence-corrected chi connectivity index (χ4v) is 3.37. The predicted molar refractivity (Wildman–Crippen MR) is 125 cm³/mol. The molecule has 0 bridgehead atoms. The van der Waals surface area contributed by atoms with Crippen LogP contribution in [-0.4, -0.2) is 33.2 Å². The van der Waals surface area contributed by atoms with Gasteiger partial charge in [0.15, 0.2) is 11.5 Å². The number of fused-ring (bicyclic) bond motifs is 1. The van der Waals surface area contributed by atoms with Gasteiger partial charge in [0.1, 0.15) is 23.8 Å². The molecule has 32 heavy (non-hydrogen) atoms. The van der Waals surface area contributed by atoms with E-state index in [0.29, 0.717) is 39.8 Å². The lowest BCUT2D eigenvalue weighted by molar-refractivity contribution is 0.283. The Bertz CT molecular complexity index is 1220. The topological polar surface area (TPSA) is 74.1 Å². The molecule has 0 aliphatic carbocycles. The molecule has 0 atom stereocenters. The summed E-state index contributed by atoms with van der Waals surface area (Å²) < 4.78 is 27.7. The highest BCUT2D eigenvalue weighted by Gasteiger charge is 2.13. The molecule has 0 radical (unpaired) electrons. The van der Waals surface area contributed by atoms with Crippen molar-refractivity contribution < 1.29 is 13.9 Å². The lowest BCUT2D eigenvalue weighted by atomic mass is 10.2. The Hall–Kier alpha value is -3.10. The van der Waals surface area contributed by atoms with Crippen LogP contribution in [0, 0.1) is 12.7 Å². The van der Waals surface area contributed by atoms with Crippen LogP contribution in [0.1, 0.15) is 12.2 Å². The van der Waals surface area contributed by atoms with E-state index in [-0.39, 0.29) is 18.1 Å². The summed E-state index contributed by atoms with van der Waals surface area (Å²) in [7, 11) is 1.57. The largest absolute Gasteiger partial charge is 0.493 e. The Morgan fingerprint density at radius 2 is 1.97 bits per heavy atom. The number of imidazole rings is 1. The summed E-state index contributed by atoms with van der Waals surface area (Å²) in [5, 5.41) is 3.99. The second-order valence-corrected chi connectivity index (χ2v) is 7.30. The van der Waals surface area contributed by atoms with Crippen molar-refractivity contribution in [2.45, 2.75) is 19.9 Å². The lowest BCUT2D eigenvalue weighted by Gasteiger charge is -2.14. The average Bonchev–Trinajstić information content (AvgIpc) is 3.17. The Kier molecular flexibility index (Phi) is 7.71. The zero-order valence-corrected chi connectivity index (χ0v) is 19.1. The van der Waals surface area contributed by atoms with Gasteiger partial charge in [-0.05, 0) is 37.6 Å². The Labute approximate surface area is 196 Å². The van der Waals surface area contributed by atoms with Crippen LogP contribution in [0.15, 0.2) is 49.1 Å². The molecule has 7 nitrogen and oxygen atoms in total. The summed E-state index contributed by atoms with van der Waals surface area (Å²) >= 11 is 5.83. The third-order valence-electron chi connectivity index (χ3n) is 4.83. The van der Waals surface area contributed by atoms with Crippen molar-refractivity contribution >= 4 is 46.4 Å². The molecule has 0 spiro atoms. The molecule has 0 unspecified atom stereocenters. The second-order valence-electron chi connectivity index (χ2n) is 6.86. The van der Waals surface area contributed by atoms with Crippen LogP contribution in [0.25, 0.3) is 10.9 Å². The fraction of sp³-hybridized carbons (Fsp3) is 0.227. The summed E-state index contributed by atoms with van der Waals surface area (Å²) in [5.74, 6) is 2.07. The molecular formula is C22H22Cl2FN5O2. The first-order valence-electron chi connectivity index (χ1n) is 9.70. The van der Waals surface area contributed by atoms with Crippen molar-refractivity contribution in [2.24, 2.45) is 0 Å². The minimum absolute atomic E-state index is 0. The number of ether oxygens (including phenoxy) is 2. The summed E-state index contributed by atoms with van der Waals surface area (Å²) in [4.78, 5) is 12.8.